The van der Waals surface area contributed by atoms with Crippen LogP contribution in [0.4, 0.5) is 5.69 Å². The van der Waals surface area contributed by atoms with E-state index in [0.29, 0.717) is 44.1 Å². The van der Waals surface area contributed by atoms with Crippen LogP contribution in [0, 0.1) is 24.0 Å². The number of rotatable bonds is 5. The lowest BCUT2D eigenvalue weighted by molar-refractivity contribution is -0.386. The second-order valence-corrected chi connectivity index (χ2v) is 5.76. The van der Waals surface area contributed by atoms with E-state index in [1.165, 1.54) is 4.68 Å². The van der Waals surface area contributed by atoms with Crippen molar-refractivity contribution in [3.05, 3.63) is 21.5 Å². The number of amides is 2. The first kappa shape index (κ1) is 17.9. The van der Waals surface area contributed by atoms with Crippen LogP contribution in [0.1, 0.15) is 11.4 Å². The van der Waals surface area contributed by atoms with Crippen molar-refractivity contribution in [2.45, 2.75) is 20.4 Å². The molecule has 1 aliphatic rings. The van der Waals surface area contributed by atoms with E-state index in [-0.39, 0.29) is 24.0 Å². The van der Waals surface area contributed by atoms with Gasteiger partial charge in [0.05, 0.1) is 11.5 Å². The third kappa shape index (κ3) is 3.88. The van der Waals surface area contributed by atoms with Gasteiger partial charge >= 0.3 is 5.69 Å². The van der Waals surface area contributed by atoms with Gasteiger partial charge in [-0.25, -0.2) is 0 Å². The largest absolute Gasteiger partial charge is 0.358 e. The fourth-order valence-corrected chi connectivity index (χ4v) is 2.77. The minimum absolute atomic E-state index is 0.0179. The van der Waals surface area contributed by atoms with Gasteiger partial charge in [0, 0.05) is 33.2 Å². The van der Waals surface area contributed by atoms with Gasteiger partial charge in [-0.05, 0) is 13.8 Å². The van der Waals surface area contributed by atoms with E-state index in [0.717, 1.165) is 0 Å². The molecule has 2 amide bonds. The average molecular weight is 338 g/mol. The van der Waals surface area contributed by atoms with Gasteiger partial charge in [0.15, 0.2) is 0 Å². The molecular weight excluding hydrogens is 316 g/mol. The molecule has 1 aliphatic heterocycles. The number of likely N-dealkylation sites (N-methyl/N-ethyl adjacent to an activating group) is 1. The zero-order valence-electron chi connectivity index (χ0n) is 14.1. The molecule has 2 rings (SSSR count). The average Bonchev–Trinajstić information content (AvgIpc) is 2.81. The van der Waals surface area contributed by atoms with Crippen molar-refractivity contribution >= 4 is 17.5 Å². The van der Waals surface area contributed by atoms with Crippen molar-refractivity contribution in [2.24, 2.45) is 0 Å². The van der Waals surface area contributed by atoms with Gasteiger partial charge in [0.25, 0.3) is 0 Å². The molecule has 1 aromatic rings. The van der Waals surface area contributed by atoms with Crippen LogP contribution in [0.2, 0.25) is 0 Å². The van der Waals surface area contributed by atoms with Gasteiger partial charge in [0.1, 0.15) is 17.9 Å². The number of piperazine rings is 1. The zero-order valence-corrected chi connectivity index (χ0v) is 14.1. The zero-order chi connectivity index (χ0) is 17.9. The molecule has 0 aliphatic carbocycles. The van der Waals surface area contributed by atoms with E-state index >= 15 is 0 Å². The molecule has 1 aromatic heterocycles. The summed E-state index contributed by atoms with van der Waals surface area (Å²) in [5.74, 6) is -0.181. The van der Waals surface area contributed by atoms with Gasteiger partial charge in [-0.2, -0.15) is 5.10 Å². The van der Waals surface area contributed by atoms with Gasteiger partial charge < -0.3 is 10.2 Å². The number of hydrogen-bond donors (Lipinski definition) is 1. The molecule has 0 saturated carbocycles. The maximum atomic E-state index is 12.4. The summed E-state index contributed by atoms with van der Waals surface area (Å²) in [5.41, 5.74) is 0.642. The predicted octanol–water partition coefficient (Wildman–Crippen LogP) is -0.702. The Kier molecular flexibility index (Phi) is 5.50. The number of nitrogens with zero attached hydrogens (tertiary/aromatic N) is 5. The molecule has 132 valence electrons. The summed E-state index contributed by atoms with van der Waals surface area (Å²) in [6.45, 7) is 5.75. The second-order valence-electron chi connectivity index (χ2n) is 5.76. The van der Waals surface area contributed by atoms with Crippen molar-refractivity contribution in [1.82, 2.24) is 24.9 Å². The molecule has 0 bridgehead atoms. The Morgan fingerprint density at radius 1 is 1.21 bits per heavy atom. The van der Waals surface area contributed by atoms with Crippen molar-refractivity contribution in [1.29, 1.82) is 0 Å². The Morgan fingerprint density at radius 3 is 2.33 bits per heavy atom. The highest BCUT2D eigenvalue weighted by Gasteiger charge is 2.26. The number of carbonyl (C=O) groups is 2. The summed E-state index contributed by atoms with van der Waals surface area (Å²) >= 11 is 0. The summed E-state index contributed by atoms with van der Waals surface area (Å²) in [7, 11) is 1.59. The predicted molar refractivity (Wildman–Crippen MR) is 85.4 cm³/mol. The normalized spacial score (nSPS) is 15.4. The second kappa shape index (κ2) is 7.39. The molecular formula is C14H22N6O4. The van der Waals surface area contributed by atoms with Gasteiger partial charge in [-0.15, -0.1) is 0 Å². The summed E-state index contributed by atoms with van der Waals surface area (Å²) in [4.78, 5) is 38.0. The molecule has 0 aromatic carbocycles. The summed E-state index contributed by atoms with van der Waals surface area (Å²) in [6, 6.07) is 0. The SMILES string of the molecule is CNC(=O)CN1CCN(C(=O)Cn2nc(C)c([N+](=O)[O-])c2C)CC1. The van der Waals surface area contributed by atoms with Crippen LogP contribution in [0.5, 0.6) is 0 Å². The molecule has 0 spiro atoms. The lowest BCUT2D eigenvalue weighted by Crippen LogP contribution is -2.51. The Balaban J connectivity index is 1.94. The maximum absolute atomic E-state index is 12.4. The Bertz CT molecular complexity index is 648. The highest BCUT2D eigenvalue weighted by Crippen LogP contribution is 2.21. The van der Waals surface area contributed by atoms with Crippen LogP contribution in [0.3, 0.4) is 0 Å². The fourth-order valence-electron chi connectivity index (χ4n) is 2.77. The third-order valence-electron chi connectivity index (χ3n) is 4.18. The van der Waals surface area contributed by atoms with E-state index in [2.05, 4.69) is 10.4 Å². The molecule has 0 unspecified atom stereocenters. The van der Waals surface area contributed by atoms with Crippen molar-refractivity contribution < 1.29 is 14.5 Å². The molecule has 1 fully saturated rings. The van der Waals surface area contributed by atoms with Crippen molar-refractivity contribution in [3.8, 4) is 0 Å². The fraction of sp³-hybridized carbons (Fsp3) is 0.643. The molecule has 0 radical (unpaired) electrons. The highest BCUT2D eigenvalue weighted by atomic mass is 16.6. The highest BCUT2D eigenvalue weighted by molar-refractivity contribution is 5.78. The lowest BCUT2D eigenvalue weighted by atomic mass is 10.3. The van der Waals surface area contributed by atoms with Crippen LogP contribution in [-0.4, -0.2) is 76.1 Å². The maximum Gasteiger partial charge on any atom is 0.312 e. The Labute approximate surface area is 139 Å². The van der Waals surface area contributed by atoms with E-state index in [4.69, 9.17) is 0 Å². The first-order valence-corrected chi connectivity index (χ1v) is 7.72. The number of carbonyl (C=O) groups excluding carboxylic acids is 2. The van der Waals surface area contributed by atoms with E-state index in [1.54, 1.807) is 25.8 Å². The minimum Gasteiger partial charge on any atom is -0.358 e. The first-order chi connectivity index (χ1) is 11.3. The number of aryl methyl sites for hydroxylation is 1. The molecule has 1 N–H and O–H groups in total. The molecule has 2 heterocycles. The molecule has 10 heteroatoms. The Hall–Kier alpha value is -2.49. The summed E-state index contributed by atoms with van der Waals surface area (Å²) < 4.78 is 1.38. The standard InChI is InChI=1S/C14H22N6O4/c1-10-14(20(23)24)11(2)19(16-10)9-13(22)18-6-4-17(5-7-18)8-12(21)15-3/h4-9H2,1-3H3,(H,15,21). The quantitative estimate of drug-likeness (QED) is 0.561. The van der Waals surface area contributed by atoms with Crippen LogP contribution in [-0.2, 0) is 16.1 Å². The number of nitro groups is 1. The minimum atomic E-state index is -0.476. The van der Waals surface area contributed by atoms with E-state index in [1.807, 2.05) is 4.90 Å². The number of hydrogen-bond acceptors (Lipinski definition) is 6. The van der Waals surface area contributed by atoms with Gasteiger partial charge in [0.2, 0.25) is 11.8 Å². The van der Waals surface area contributed by atoms with Crippen LogP contribution in [0.15, 0.2) is 0 Å². The summed E-state index contributed by atoms with van der Waals surface area (Å²) in [6.07, 6.45) is 0. The number of aromatic nitrogens is 2. The monoisotopic (exact) mass is 338 g/mol. The van der Waals surface area contributed by atoms with Crippen LogP contribution >= 0.6 is 0 Å². The topological polar surface area (TPSA) is 114 Å². The molecule has 10 nitrogen and oxygen atoms in total. The molecule has 0 atom stereocenters. The van der Waals surface area contributed by atoms with Crippen LogP contribution in [0.25, 0.3) is 0 Å². The van der Waals surface area contributed by atoms with Crippen LogP contribution < -0.4 is 5.32 Å². The lowest BCUT2D eigenvalue weighted by Gasteiger charge is -2.34. The first-order valence-electron chi connectivity index (χ1n) is 7.72. The molecule has 1 saturated heterocycles. The number of nitrogens with one attached hydrogen (secondary N) is 1. The van der Waals surface area contributed by atoms with Crippen molar-refractivity contribution in [2.75, 3.05) is 39.8 Å². The molecule has 24 heavy (non-hydrogen) atoms. The van der Waals surface area contributed by atoms with Gasteiger partial charge in [-0.3, -0.25) is 29.3 Å². The Morgan fingerprint density at radius 2 is 1.83 bits per heavy atom. The smallest absolute Gasteiger partial charge is 0.312 e. The van der Waals surface area contributed by atoms with E-state index in [9.17, 15) is 19.7 Å². The van der Waals surface area contributed by atoms with Crippen molar-refractivity contribution in [3.63, 3.8) is 0 Å². The summed E-state index contributed by atoms with van der Waals surface area (Å²) in [5, 5.41) is 17.7. The third-order valence-corrected chi connectivity index (χ3v) is 4.18. The van der Waals surface area contributed by atoms with E-state index < -0.39 is 4.92 Å². The van der Waals surface area contributed by atoms with Gasteiger partial charge in [-0.1, -0.05) is 0 Å².